The molecule has 0 saturated carbocycles. The van der Waals surface area contributed by atoms with E-state index >= 15 is 0 Å². The number of benzene rings is 5. The molecule has 0 saturated heterocycles. The zero-order valence-corrected chi connectivity index (χ0v) is 24.4. The van der Waals surface area contributed by atoms with Gasteiger partial charge < -0.3 is 9.47 Å². The van der Waals surface area contributed by atoms with Crippen molar-refractivity contribution in [1.29, 1.82) is 0 Å². The van der Waals surface area contributed by atoms with Gasteiger partial charge >= 0.3 is 0 Å². The molecule has 2 aliphatic heterocycles. The van der Waals surface area contributed by atoms with Crippen molar-refractivity contribution in [3.8, 4) is 11.1 Å². The molecule has 2 unspecified atom stereocenters. The third-order valence-corrected chi connectivity index (χ3v) is 9.60. The molecule has 9 rings (SSSR count). The van der Waals surface area contributed by atoms with E-state index in [4.69, 9.17) is 0 Å². The number of para-hydroxylation sites is 2. The quantitative estimate of drug-likeness (QED) is 0.212. The van der Waals surface area contributed by atoms with Gasteiger partial charge in [-0.25, -0.2) is 0 Å². The molecule has 0 amide bonds. The Kier molecular flexibility index (Phi) is 4.75. The van der Waals surface area contributed by atoms with Crippen LogP contribution < -0.4 is 4.90 Å². The molecule has 2 nitrogen and oxygen atoms in total. The minimum atomic E-state index is 0.196. The summed E-state index contributed by atoms with van der Waals surface area (Å²) in [6.07, 6.45) is 4.82. The molecule has 6 aromatic rings. The topological polar surface area (TPSA) is 8.17 Å². The second-order valence-electron chi connectivity index (χ2n) is 12.5. The van der Waals surface area contributed by atoms with Gasteiger partial charge in [-0.2, -0.15) is 0 Å². The molecule has 3 aliphatic rings. The van der Waals surface area contributed by atoms with E-state index in [2.05, 4.69) is 146 Å². The van der Waals surface area contributed by atoms with E-state index in [0.717, 1.165) is 0 Å². The van der Waals surface area contributed by atoms with Crippen LogP contribution in [0.5, 0.6) is 0 Å². The van der Waals surface area contributed by atoms with Gasteiger partial charge in [-0.15, -0.1) is 0 Å². The summed E-state index contributed by atoms with van der Waals surface area (Å²) in [7, 11) is 0. The van der Waals surface area contributed by atoms with Crippen molar-refractivity contribution < 1.29 is 0 Å². The van der Waals surface area contributed by atoms with Crippen LogP contribution in [0, 0.1) is 27.7 Å². The van der Waals surface area contributed by atoms with Crippen LogP contribution in [0.1, 0.15) is 39.3 Å². The van der Waals surface area contributed by atoms with Crippen LogP contribution in [0.4, 0.5) is 11.4 Å². The number of aromatic nitrogens is 1. The van der Waals surface area contributed by atoms with Crippen molar-refractivity contribution in [2.75, 3.05) is 4.90 Å². The van der Waals surface area contributed by atoms with E-state index in [1.807, 2.05) is 0 Å². The highest BCUT2D eigenvalue weighted by Crippen LogP contribution is 2.60. The molecule has 2 heteroatoms. The Labute approximate surface area is 246 Å². The number of nitrogens with zero attached hydrogens (tertiary/aromatic N) is 2. The summed E-state index contributed by atoms with van der Waals surface area (Å²) < 4.78 is 2.58. The lowest BCUT2D eigenvalue weighted by atomic mass is 9.78. The number of hydrogen-bond acceptors (Lipinski definition) is 1. The fourth-order valence-corrected chi connectivity index (χ4v) is 8.27. The predicted molar refractivity (Wildman–Crippen MR) is 178 cm³/mol. The third kappa shape index (κ3) is 3.10. The van der Waals surface area contributed by atoms with Crippen LogP contribution in [0.2, 0.25) is 0 Å². The number of fused-ring (bicyclic) bond motifs is 8. The number of aryl methyl sites for hydroxylation is 4. The van der Waals surface area contributed by atoms with Crippen LogP contribution in [0.25, 0.3) is 44.2 Å². The van der Waals surface area contributed by atoms with Gasteiger partial charge in [-0.05, 0) is 79.8 Å². The Hall–Kier alpha value is -4.82. The number of allylic oxidation sites excluding steroid dienone is 2. The maximum atomic E-state index is 2.65. The maximum absolute atomic E-state index is 2.65. The number of hydrogen-bond donors (Lipinski definition) is 0. The minimum Gasteiger partial charge on any atom is -0.329 e. The smallest absolute Gasteiger partial charge is 0.0857 e. The van der Waals surface area contributed by atoms with Gasteiger partial charge in [0.15, 0.2) is 0 Å². The summed E-state index contributed by atoms with van der Waals surface area (Å²) in [5.41, 5.74) is 18.6. The van der Waals surface area contributed by atoms with Gasteiger partial charge in [-0.3, -0.25) is 0 Å². The van der Waals surface area contributed by atoms with E-state index in [1.54, 1.807) is 0 Å². The van der Waals surface area contributed by atoms with E-state index in [9.17, 15) is 0 Å². The van der Waals surface area contributed by atoms with Crippen LogP contribution in [-0.4, -0.2) is 10.6 Å². The lowest BCUT2D eigenvalue weighted by Crippen LogP contribution is -2.38. The zero-order chi connectivity index (χ0) is 28.3. The Balaban J connectivity index is 1.41. The standard InChI is InChI=1S/C40H32N2/c1-23-17-24(2)20-27(19-23)29-13-15-35-39-37(29)31-9-5-7-11-33(31)41(39)36-16-14-30(28-21-25(3)18-26(4)22-28)38-32-10-6-8-12-34(32)42(35)40(36)38/h5-22,37,39H,1-4H3. The molecule has 42 heavy (non-hydrogen) atoms. The van der Waals surface area contributed by atoms with Gasteiger partial charge in [0.25, 0.3) is 0 Å². The molecule has 1 aliphatic carbocycles. The summed E-state index contributed by atoms with van der Waals surface area (Å²) in [5, 5.41) is 2.66. The summed E-state index contributed by atoms with van der Waals surface area (Å²) in [5.74, 6) is 0.255. The van der Waals surface area contributed by atoms with Gasteiger partial charge in [0.1, 0.15) is 0 Å². The maximum Gasteiger partial charge on any atom is 0.0857 e. The van der Waals surface area contributed by atoms with Crippen molar-refractivity contribution >= 4 is 44.5 Å². The second-order valence-corrected chi connectivity index (χ2v) is 12.5. The van der Waals surface area contributed by atoms with Crippen molar-refractivity contribution in [2.24, 2.45) is 0 Å². The van der Waals surface area contributed by atoms with E-state index < -0.39 is 0 Å². The first kappa shape index (κ1) is 23.8. The van der Waals surface area contributed by atoms with Crippen molar-refractivity contribution in [1.82, 2.24) is 4.57 Å². The molecule has 1 aromatic heterocycles. The lowest BCUT2D eigenvalue weighted by molar-refractivity contribution is 0.736. The van der Waals surface area contributed by atoms with Gasteiger partial charge in [0.05, 0.1) is 22.8 Å². The molecule has 0 spiro atoms. The Morgan fingerprint density at radius 2 is 1.26 bits per heavy atom. The van der Waals surface area contributed by atoms with Crippen LogP contribution in [-0.2, 0) is 0 Å². The molecular weight excluding hydrogens is 508 g/mol. The highest BCUT2D eigenvalue weighted by Gasteiger charge is 2.48. The average molecular weight is 541 g/mol. The summed E-state index contributed by atoms with van der Waals surface area (Å²) in [6, 6.07) is 37.0. The Morgan fingerprint density at radius 3 is 2.02 bits per heavy atom. The SMILES string of the molecule is Cc1cc(C)cc(C2=CC=C3C4C2c2ccccc2N4c2ccc(-c4cc(C)cc(C)c4)c4c5ccccc5n3c24)c1. The van der Waals surface area contributed by atoms with E-state index in [1.165, 1.54) is 89.0 Å². The highest BCUT2D eigenvalue weighted by molar-refractivity contribution is 6.22. The Bertz CT molecular complexity index is 2160. The van der Waals surface area contributed by atoms with Gasteiger partial charge in [-0.1, -0.05) is 107 Å². The molecule has 0 radical (unpaired) electrons. The van der Waals surface area contributed by atoms with E-state index in [0.29, 0.717) is 0 Å². The number of rotatable bonds is 2. The first-order chi connectivity index (χ1) is 20.5. The lowest BCUT2D eigenvalue weighted by Gasteiger charge is -2.40. The van der Waals surface area contributed by atoms with Gasteiger partial charge in [0.2, 0.25) is 0 Å². The Morgan fingerprint density at radius 1 is 0.595 bits per heavy atom. The van der Waals surface area contributed by atoms with Crippen LogP contribution in [0.3, 0.4) is 0 Å². The van der Waals surface area contributed by atoms with Crippen molar-refractivity contribution in [3.63, 3.8) is 0 Å². The molecule has 202 valence electrons. The van der Waals surface area contributed by atoms with Crippen molar-refractivity contribution in [3.05, 3.63) is 143 Å². The predicted octanol–water partition coefficient (Wildman–Crippen LogP) is 10.3. The van der Waals surface area contributed by atoms with Crippen LogP contribution in [0.15, 0.2) is 109 Å². The zero-order valence-electron chi connectivity index (χ0n) is 24.4. The molecule has 5 aromatic carbocycles. The first-order valence-electron chi connectivity index (χ1n) is 15.0. The largest absolute Gasteiger partial charge is 0.329 e. The van der Waals surface area contributed by atoms with Gasteiger partial charge in [0, 0.05) is 28.1 Å². The second kappa shape index (κ2) is 8.36. The minimum absolute atomic E-state index is 0.196. The fraction of sp³-hybridized carbons (Fsp3) is 0.150. The molecular formula is C40H32N2. The monoisotopic (exact) mass is 540 g/mol. The number of anilines is 2. The highest BCUT2D eigenvalue weighted by atomic mass is 15.3. The van der Waals surface area contributed by atoms with Crippen LogP contribution >= 0.6 is 0 Å². The third-order valence-electron chi connectivity index (χ3n) is 9.60. The van der Waals surface area contributed by atoms with E-state index in [-0.39, 0.29) is 12.0 Å². The normalized spacial score (nSPS) is 18.2. The molecule has 3 heterocycles. The average Bonchev–Trinajstić information content (AvgIpc) is 3.50. The molecule has 2 atom stereocenters. The molecule has 0 N–H and O–H groups in total. The molecule has 0 fully saturated rings. The summed E-state index contributed by atoms with van der Waals surface area (Å²) in [6.45, 7) is 8.82. The molecule has 0 bridgehead atoms. The summed E-state index contributed by atoms with van der Waals surface area (Å²) >= 11 is 0. The first-order valence-corrected chi connectivity index (χ1v) is 15.0. The summed E-state index contributed by atoms with van der Waals surface area (Å²) in [4.78, 5) is 2.65. The van der Waals surface area contributed by atoms with Crippen molar-refractivity contribution in [2.45, 2.75) is 39.7 Å². The fourth-order valence-electron chi connectivity index (χ4n) is 8.27.